The number of rotatable bonds is 25. The topological polar surface area (TPSA) is 44.0 Å². The zero-order valence-corrected chi connectivity index (χ0v) is 69.0. The van der Waals surface area contributed by atoms with E-state index in [0.29, 0.717) is 5.92 Å². The standard InChI is InChI=1S/4C18H15P.C12H16NO.3C4H9.Pd.Sn/c4*1-4-10-16(11-5-1)19(17-12-6-2-7-13-17)18-14-8-3-9-15-18;1-2-12(14,10-5-3-4-6-10)11(9-13)7-8-11;3*1-3-4-2;;/h4*1-15H;1-2,10,14H,3-8H2;3*1,3-4H2,2H3;;. The molecule has 0 saturated heterocycles. The van der Waals surface area contributed by atoms with Crippen molar-refractivity contribution in [1.29, 1.82) is 5.26 Å². The number of benzene rings is 12. The summed E-state index contributed by atoms with van der Waals surface area (Å²) in [7, 11) is -1.78. The first-order valence-electron chi connectivity index (χ1n) is 37.5. The number of nitriles is 1. The van der Waals surface area contributed by atoms with Crippen LogP contribution in [0.4, 0.5) is 0 Å². The molecule has 2 nitrogen and oxygen atoms in total. The Morgan fingerprint density at radius 1 is 0.337 bits per heavy atom. The molecule has 1 atom stereocenters. The quantitative estimate of drug-likeness (QED) is 0.0458. The molecule has 1 unspecified atom stereocenters. The van der Waals surface area contributed by atoms with Crippen molar-refractivity contribution in [3.05, 3.63) is 374 Å². The maximum atomic E-state index is 11.9. The van der Waals surface area contributed by atoms with Gasteiger partial charge >= 0.3 is 173 Å². The van der Waals surface area contributed by atoms with Gasteiger partial charge in [-0.1, -0.05) is 364 Å². The van der Waals surface area contributed by atoms with Crippen molar-refractivity contribution in [2.24, 2.45) is 11.3 Å². The van der Waals surface area contributed by atoms with Crippen molar-refractivity contribution in [2.75, 3.05) is 0 Å². The molecule has 8 heteroatoms. The van der Waals surface area contributed by atoms with Crippen LogP contribution in [-0.2, 0) is 20.4 Å². The van der Waals surface area contributed by atoms with Crippen LogP contribution in [0, 0.1) is 22.7 Å². The molecule has 2 aliphatic carbocycles. The molecule has 2 saturated carbocycles. The first-order valence-corrected chi connectivity index (χ1v) is 50.5. The molecule has 0 radical (unpaired) electrons. The Labute approximate surface area is 647 Å². The normalized spacial score (nSPS) is 13.5. The van der Waals surface area contributed by atoms with Gasteiger partial charge in [-0.25, -0.2) is 0 Å². The summed E-state index contributed by atoms with van der Waals surface area (Å²) in [5.74, 6) is 0.309. The number of aliphatic hydroxyl groups is 1. The molecule has 2 fully saturated rings. The Morgan fingerprint density at radius 3 is 0.654 bits per heavy atom. The van der Waals surface area contributed by atoms with Gasteiger partial charge in [-0.05, 0) is 95.3 Å². The fourth-order valence-corrected chi connectivity index (χ4v) is 37.6. The summed E-state index contributed by atoms with van der Waals surface area (Å²) in [5.41, 5.74) is -1.33. The molecule has 0 bridgehead atoms. The Balaban J connectivity index is 0.000000151. The summed E-state index contributed by atoms with van der Waals surface area (Å²) < 4.78 is 6.91. The Hall–Kier alpha value is -6.99. The van der Waals surface area contributed by atoms with E-state index < -0.39 is 61.1 Å². The molecule has 0 aliphatic heterocycles. The van der Waals surface area contributed by atoms with Crippen molar-refractivity contribution in [2.45, 2.75) is 117 Å². The summed E-state index contributed by atoms with van der Waals surface area (Å²) in [5, 5.41) is 38.5. The van der Waals surface area contributed by atoms with Gasteiger partial charge in [0.1, 0.15) is 0 Å². The minimum atomic E-state index is -2.42. The molecule has 1 N–H and O–H groups in total. The largest absolute Gasteiger partial charge is 0.0622 e. The molecule has 2 aliphatic rings. The van der Waals surface area contributed by atoms with Crippen molar-refractivity contribution >= 4 is 114 Å². The molecule has 0 aromatic heterocycles. The number of hydrogen-bond acceptors (Lipinski definition) is 2. The van der Waals surface area contributed by atoms with Gasteiger partial charge in [0, 0.05) is 20.4 Å². The second kappa shape index (κ2) is 44.2. The van der Waals surface area contributed by atoms with E-state index in [0.717, 1.165) is 25.7 Å². The van der Waals surface area contributed by atoms with E-state index in [1.54, 1.807) is 0 Å². The van der Waals surface area contributed by atoms with E-state index in [2.05, 4.69) is 401 Å². The van der Waals surface area contributed by atoms with Crippen LogP contribution in [0.15, 0.2) is 374 Å². The minimum absolute atomic E-state index is 0. The van der Waals surface area contributed by atoms with E-state index in [1.807, 2.05) is 0 Å². The zero-order valence-electron chi connectivity index (χ0n) is 61.0. The van der Waals surface area contributed by atoms with Gasteiger partial charge in [0.2, 0.25) is 0 Å². The van der Waals surface area contributed by atoms with Crippen LogP contribution in [0.25, 0.3) is 0 Å². The van der Waals surface area contributed by atoms with E-state index >= 15 is 0 Å². The van der Waals surface area contributed by atoms with Crippen LogP contribution < -0.4 is 63.7 Å². The SMILES string of the molecule is CCC[CH2][Sn](/[CH]=C/C(O)(C1CCCC1)C1(C#N)CC1)([CH2]CCC)[CH2]CCC.[Pd].c1ccc(P(c2ccccc2)c2ccccc2)cc1.c1ccc(P(c2ccccc2)c2ccccc2)cc1.c1ccc(P(c2ccccc2)c2ccccc2)cc1.c1ccc(P(c2ccccc2)c2ccccc2)cc1. The van der Waals surface area contributed by atoms with Gasteiger partial charge in [-0.15, -0.1) is 0 Å². The van der Waals surface area contributed by atoms with Gasteiger partial charge < -0.3 is 0 Å². The molecule has 0 spiro atoms. The molecule has 14 rings (SSSR count). The average molecular weight is 1640 g/mol. The van der Waals surface area contributed by atoms with Gasteiger partial charge in [-0.2, -0.15) is 0 Å². The fourth-order valence-electron chi connectivity index (χ4n) is 14.0. The van der Waals surface area contributed by atoms with Crippen LogP contribution in [0.2, 0.25) is 13.3 Å². The van der Waals surface area contributed by atoms with E-state index in [-0.39, 0.29) is 20.4 Å². The van der Waals surface area contributed by atoms with Gasteiger partial charge in [-0.3, -0.25) is 0 Å². The third kappa shape index (κ3) is 23.5. The zero-order chi connectivity index (χ0) is 71.5. The number of nitrogens with zero attached hydrogens (tertiary/aromatic N) is 1. The van der Waals surface area contributed by atoms with Crippen molar-refractivity contribution in [3.63, 3.8) is 0 Å². The van der Waals surface area contributed by atoms with Gasteiger partial charge in [0.25, 0.3) is 0 Å². The van der Waals surface area contributed by atoms with E-state index in [9.17, 15) is 10.4 Å². The number of hydrogen-bond donors (Lipinski definition) is 1. The molecule has 12 aromatic carbocycles. The third-order valence-electron chi connectivity index (χ3n) is 19.7. The van der Waals surface area contributed by atoms with Crippen LogP contribution in [0.1, 0.15) is 97.8 Å². The first-order chi connectivity index (χ1) is 50.8. The average Bonchev–Trinajstić information content (AvgIpc) is 1.57. The Bertz CT molecular complexity index is 3440. The molecule has 12 aromatic rings. The second-order valence-electron chi connectivity index (χ2n) is 26.9. The minimum Gasteiger partial charge on any atom is -0.0622 e. The summed E-state index contributed by atoms with van der Waals surface area (Å²) >= 11 is -2.42. The van der Waals surface area contributed by atoms with E-state index in [1.165, 1.54) is 128 Å². The van der Waals surface area contributed by atoms with Crippen molar-refractivity contribution < 1.29 is 25.5 Å². The summed E-state index contributed by atoms with van der Waals surface area (Å²) in [6.07, 6.45) is 16.5. The van der Waals surface area contributed by atoms with Crippen LogP contribution >= 0.6 is 31.7 Å². The molecule has 0 amide bonds. The monoisotopic (exact) mass is 1640 g/mol. The predicted octanol–water partition coefficient (Wildman–Crippen LogP) is 20.9. The second-order valence-corrected chi connectivity index (χ2v) is 48.8. The Kier molecular flexibility index (Phi) is 34.5. The van der Waals surface area contributed by atoms with Crippen LogP contribution in [0.5, 0.6) is 0 Å². The van der Waals surface area contributed by atoms with Crippen LogP contribution in [0.3, 0.4) is 0 Å². The van der Waals surface area contributed by atoms with Crippen molar-refractivity contribution in [1.82, 2.24) is 0 Å². The fraction of sp³-hybridized carbons (Fsp3) is 0.219. The van der Waals surface area contributed by atoms with Gasteiger partial charge in [0.05, 0.1) is 0 Å². The number of unbranched alkanes of at least 4 members (excludes halogenated alkanes) is 3. The maximum absolute atomic E-state index is 11.9. The molecule has 0 heterocycles. The predicted molar refractivity (Wildman–Crippen MR) is 459 cm³/mol. The molecular formula is C96H103NOP4PdSn. The molecule has 104 heavy (non-hydrogen) atoms. The molecule has 532 valence electrons. The van der Waals surface area contributed by atoms with Crippen molar-refractivity contribution in [3.8, 4) is 6.07 Å². The summed E-state index contributed by atoms with van der Waals surface area (Å²) in [4.78, 5) is 0. The maximum Gasteiger partial charge on any atom is 0 e. The van der Waals surface area contributed by atoms with Gasteiger partial charge in [0.15, 0.2) is 0 Å². The Morgan fingerprint density at radius 2 is 0.510 bits per heavy atom. The van der Waals surface area contributed by atoms with E-state index in [4.69, 9.17) is 0 Å². The van der Waals surface area contributed by atoms with Crippen LogP contribution in [-0.4, -0.2) is 29.1 Å². The summed E-state index contributed by atoms with van der Waals surface area (Å²) in [6.45, 7) is 6.93. The smallest absolute Gasteiger partial charge is 0 e. The first kappa shape index (κ1) is 81.1. The third-order valence-corrected chi connectivity index (χ3v) is 43.5. The summed E-state index contributed by atoms with van der Waals surface area (Å²) in [6, 6.07) is 132. The molecular weight excluding hydrogens is 1530 g/mol.